The number of carbonyl (C=O) groups excluding carboxylic acids is 1. The molecule has 4 heteroatoms. The van der Waals surface area contributed by atoms with Gasteiger partial charge in [0.1, 0.15) is 5.82 Å². The summed E-state index contributed by atoms with van der Waals surface area (Å²) in [4.78, 5) is 11.1. The fraction of sp³-hybridized carbons (Fsp3) is 0.235. The Bertz CT molecular complexity index is 655. The van der Waals surface area contributed by atoms with Crippen molar-refractivity contribution in [1.82, 2.24) is 0 Å². The fourth-order valence-electron chi connectivity index (χ4n) is 2.11. The maximum absolute atomic E-state index is 13.6. The van der Waals surface area contributed by atoms with Crippen LogP contribution in [0.25, 0.3) is 0 Å². The van der Waals surface area contributed by atoms with E-state index in [4.69, 9.17) is 0 Å². The van der Waals surface area contributed by atoms with Gasteiger partial charge in [-0.2, -0.15) is 0 Å². The lowest BCUT2D eigenvalue weighted by atomic mass is 10.1. The van der Waals surface area contributed by atoms with Gasteiger partial charge in [0.25, 0.3) is 0 Å². The average molecular weight is 286 g/mol. The first-order valence-electron chi connectivity index (χ1n) is 6.86. The number of amides is 1. The summed E-state index contributed by atoms with van der Waals surface area (Å²) in [5, 5.41) is 6.01. The van der Waals surface area contributed by atoms with Crippen molar-refractivity contribution in [3.05, 3.63) is 59.4 Å². The molecule has 0 saturated carbocycles. The number of nitrogens with one attached hydrogen (secondary N) is 2. The molecule has 21 heavy (non-hydrogen) atoms. The van der Waals surface area contributed by atoms with E-state index in [9.17, 15) is 9.18 Å². The summed E-state index contributed by atoms with van der Waals surface area (Å²) in [7, 11) is 0. The van der Waals surface area contributed by atoms with Gasteiger partial charge in [-0.15, -0.1) is 0 Å². The van der Waals surface area contributed by atoms with E-state index in [0.717, 1.165) is 16.9 Å². The van der Waals surface area contributed by atoms with Crippen LogP contribution in [-0.2, 0) is 4.79 Å². The van der Waals surface area contributed by atoms with E-state index >= 15 is 0 Å². The number of halogens is 1. The van der Waals surface area contributed by atoms with Crippen LogP contribution in [0.5, 0.6) is 0 Å². The largest absolute Gasteiger partial charge is 0.378 e. The van der Waals surface area contributed by atoms with Crippen molar-refractivity contribution in [2.75, 3.05) is 10.6 Å². The van der Waals surface area contributed by atoms with Crippen LogP contribution in [0.4, 0.5) is 15.8 Å². The molecule has 3 nitrogen and oxygen atoms in total. The number of rotatable bonds is 4. The normalized spacial score (nSPS) is 11.8. The average Bonchev–Trinajstić information content (AvgIpc) is 2.42. The third-order valence-corrected chi connectivity index (χ3v) is 3.26. The maximum Gasteiger partial charge on any atom is 0.221 e. The van der Waals surface area contributed by atoms with Crippen molar-refractivity contribution in [2.45, 2.75) is 26.8 Å². The molecule has 0 heterocycles. The summed E-state index contributed by atoms with van der Waals surface area (Å²) in [6, 6.07) is 12.7. The van der Waals surface area contributed by atoms with E-state index in [1.54, 1.807) is 13.0 Å². The van der Waals surface area contributed by atoms with Gasteiger partial charge >= 0.3 is 0 Å². The Kier molecular flexibility index (Phi) is 4.58. The summed E-state index contributed by atoms with van der Waals surface area (Å²) in [6.45, 7) is 5.20. The third-order valence-electron chi connectivity index (χ3n) is 3.26. The first-order valence-corrected chi connectivity index (χ1v) is 6.86. The van der Waals surface area contributed by atoms with Crippen molar-refractivity contribution in [3.8, 4) is 0 Å². The molecule has 1 atom stereocenters. The molecule has 2 rings (SSSR count). The Morgan fingerprint density at radius 2 is 1.90 bits per heavy atom. The predicted molar refractivity (Wildman–Crippen MR) is 83.9 cm³/mol. The van der Waals surface area contributed by atoms with Crippen LogP contribution in [0.15, 0.2) is 42.5 Å². The molecule has 0 saturated heterocycles. The van der Waals surface area contributed by atoms with Crippen molar-refractivity contribution in [2.24, 2.45) is 0 Å². The molecule has 2 aromatic carbocycles. The Morgan fingerprint density at radius 1 is 1.14 bits per heavy atom. The van der Waals surface area contributed by atoms with Gasteiger partial charge in [-0.1, -0.05) is 18.2 Å². The van der Waals surface area contributed by atoms with E-state index in [1.807, 2.05) is 37.3 Å². The minimum Gasteiger partial charge on any atom is -0.378 e. The van der Waals surface area contributed by atoms with Crippen molar-refractivity contribution in [1.29, 1.82) is 0 Å². The second-order valence-corrected chi connectivity index (χ2v) is 5.14. The molecule has 1 amide bonds. The summed E-state index contributed by atoms with van der Waals surface area (Å²) < 4.78 is 13.6. The third kappa shape index (κ3) is 4.05. The number of aryl methyl sites for hydroxylation is 1. The van der Waals surface area contributed by atoms with Gasteiger partial charge in [0.15, 0.2) is 0 Å². The van der Waals surface area contributed by atoms with Gasteiger partial charge in [-0.25, -0.2) is 4.39 Å². The smallest absolute Gasteiger partial charge is 0.221 e. The van der Waals surface area contributed by atoms with Crippen molar-refractivity contribution < 1.29 is 9.18 Å². The van der Waals surface area contributed by atoms with E-state index in [1.165, 1.54) is 13.0 Å². The van der Waals surface area contributed by atoms with E-state index in [-0.39, 0.29) is 17.8 Å². The quantitative estimate of drug-likeness (QED) is 0.881. The van der Waals surface area contributed by atoms with Crippen LogP contribution in [0.3, 0.4) is 0 Å². The molecule has 0 fully saturated rings. The Morgan fingerprint density at radius 3 is 2.57 bits per heavy atom. The summed E-state index contributed by atoms with van der Waals surface area (Å²) in [5.74, 6) is -0.326. The minimum absolute atomic E-state index is 0.000754. The molecule has 110 valence electrons. The number of benzene rings is 2. The second-order valence-electron chi connectivity index (χ2n) is 5.14. The lowest BCUT2D eigenvalue weighted by Crippen LogP contribution is -2.09. The second kappa shape index (κ2) is 6.39. The van der Waals surface area contributed by atoms with Gasteiger partial charge in [0, 0.05) is 24.3 Å². The molecule has 0 aliphatic carbocycles. The molecule has 2 aromatic rings. The highest BCUT2D eigenvalue weighted by molar-refractivity contribution is 5.88. The Labute approximate surface area is 124 Å². The van der Waals surface area contributed by atoms with Crippen LogP contribution in [0, 0.1) is 12.7 Å². The summed E-state index contributed by atoms with van der Waals surface area (Å²) >= 11 is 0. The SMILES string of the molecule is CC(=O)Nc1cccc(C(C)Nc2ccc(C)c(F)c2)c1. The summed E-state index contributed by atoms with van der Waals surface area (Å²) in [5.41, 5.74) is 3.13. The number of hydrogen-bond acceptors (Lipinski definition) is 2. The molecule has 0 spiro atoms. The Balaban J connectivity index is 2.14. The lowest BCUT2D eigenvalue weighted by Gasteiger charge is -2.17. The molecule has 2 N–H and O–H groups in total. The van der Waals surface area contributed by atoms with Crippen LogP contribution in [-0.4, -0.2) is 5.91 Å². The van der Waals surface area contributed by atoms with Crippen LogP contribution < -0.4 is 10.6 Å². The standard InChI is InChI=1S/C17H19FN2O/c1-11-7-8-16(10-17(11)18)19-12(2)14-5-4-6-15(9-14)20-13(3)21/h4-10,12,19H,1-3H3,(H,20,21). The zero-order valence-corrected chi connectivity index (χ0v) is 12.4. The zero-order valence-electron chi connectivity index (χ0n) is 12.4. The first kappa shape index (κ1) is 15.0. The highest BCUT2D eigenvalue weighted by Gasteiger charge is 2.08. The predicted octanol–water partition coefficient (Wildman–Crippen LogP) is 4.27. The van der Waals surface area contributed by atoms with Crippen LogP contribution in [0.2, 0.25) is 0 Å². The van der Waals surface area contributed by atoms with Gasteiger partial charge < -0.3 is 10.6 Å². The molecule has 1 unspecified atom stereocenters. The lowest BCUT2D eigenvalue weighted by molar-refractivity contribution is -0.114. The minimum atomic E-state index is -0.223. The topological polar surface area (TPSA) is 41.1 Å². The molecular weight excluding hydrogens is 267 g/mol. The highest BCUT2D eigenvalue weighted by atomic mass is 19.1. The zero-order chi connectivity index (χ0) is 15.4. The molecule has 0 aromatic heterocycles. The number of carbonyl (C=O) groups is 1. The van der Waals surface area contributed by atoms with Gasteiger partial charge in [-0.3, -0.25) is 4.79 Å². The molecule has 0 aliphatic heterocycles. The van der Waals surface area contributed by atoms with E-state index < -0.39 is 0 Å². The molecule has 0 aliphatic rings. The molecular formula is C17H19FN2O. The Hall–Kier alpha value is -2.36. The fourth-order valence-corrected chi connectivity index (χ4v) is 2.11. The van der Waals surface area contributed by atoms with Crippen molar-refractivity contribution >= 4 is 17.3 Å². The van der Waals surface area contributed by atoms with E-state index in [2.05, 4.69) is 10.6 Å². The highest BCUT2D eigenvalue weighted by Crippen LogP contribution is 2.23. The van der Waals surface area contributed by atoms with Gasteiger partial charge in [0.05, 0.1) is 0 Å². The van der Waals surface area contributed by atoms with Gasteiger partial charge in [-0.05, 0) is 49.2 Å². The van der Waals surface area contributed by atoms with E-state index in [0.29, 0.717) is 5.56 Å². The first-order chi connectivity index (χ1) is 9.95. The number of hydrogen-bond donors (Lipinski definition) is 2. The number of anilines is 2. The van der Waals surface area contributed by atoms with Gasteiger partial charge in [0.2, 0.25) is 5.91 Å². The maximum atomic E-state index is 13.6. The summed E-state index contributed by atoms with van der Waals surface area (Å²) in [6.07, 6.45) is 0. The monoisotopic (exact) mass is 286 g/mol. The van der Waals surface area contributed by atoms with Crippen molar-refractivity contribution in [3.63, 3.8) is 0 Å². The molecule has 0 bridgehead atoms. The van der Waals surface area contributed by atoms with Crippen LogP contribution >= 0.6 is 0 Å². The van der Waals surface area contributed by atoms with Crippen LogP contribution in [0.1, 0.15) is 31.0 Å². The molecule has 0 radical (unpaired) electrons.